The van der Waals surface area contributed by atoms with Crippen molar-refractivity contribution in [3.05, 3.63) is 40.5 Å². The van der Waals surface area contributed by atoms with Gasteiger partial charge >= 0.3 is 6.18 Å². The smallest absolute Gasteiger partial charge is 0.357 e. The van der Waals surface area contributed by atoms with Gasteiger partial charge in [0.15, 0.2) is 0 Å². The van der Waals surface area contributed by atoms with E-state index in [-0.39, 0.29) is 5.02 Å². The van der Waals surface area contributed by atoms with Crippen LogP contribution in [0.2, 0.25) is 5.02 Å². The lowest BCUT2D eigenvalue weighted by Crippen LogP contribution is -2.06. The van der Waals surface area contributed by atoms with Crippen molar-refractivity contribution in [3.8, 4) is 0 Å². The molecule has 1 aromatic carbocycles. The minimum absolute atomic E-state index is 0.0351. The molecule has 1 aromatic heterocycles. The summed E-state index contributed by atoms with van der Waals surface area (Å²) in [5.41, 5.74) is 0.248. The molecule has 0 aliphatic carbocycles. The van der Waals surface area contributed by atoms with Crippen LogP contribution < -0.4 is 10.6 Å². The SMILES string of the molecule is CNc1nc(C)cc(Nc2ccc(C(F)(F)F)cc2Cl)n1. The fraction of sp³-hybridized carbons (Fsp3) is 0.231. The lowest BCUT2D eigenvalue weighted by molar-refractivity contribution is -0.137. The van der Waals surface area contributed by atoms with Crippen LogP contribution in [0.3, 0.4) is 0 Å². The Bertz CT molecular complexity index is 658. The highest BCUT2D eigenvalue weighted by molar-refractivity contribution is 6.33. The first-order valence-corrected chi connectivity index (χ1v) is 6.34. The maximum absolute atomic E-state index is 12.6. The van der Waals surface area contributed by atoms with Crippen LogP contribution in [-0.2, 0) is 6.18 Å². The van der Waals surface area contributed by atoms with Gasteiger partial charge in [0.2, 0.25) is 5.95 Å². The Balaban J connectivity index is 2.30. The molecule has 4 nitrogen and oxygen atoms in total. The van der Waals surface area contributed by atoms with Crippen molar-refractivity contribution in [2.75, 3.05) is 17.7 Å². The Labute approximate surface area is 124 Å². The van der Waals surface area contributed by atoms with Crippen LogP contribution in [0.25, 0.3) is 0 Å². The van der Waals surface area contributed by atoms with E-state index in [4.69, 9.17) is 11.6 Å². The summed E-state index contributed by atoms with van der Waals surface area (Å²) in [7, 11) is 1.67. The molecule has 0 unspecified atom stereocenters. The third kappa shape index (κ3) is 3.75. The monoisotopic (exact) mass is 316 g/mol. The van der Waals surface area contributed by atoms with Gasteiger partial charge in [-0.1, -0.05) is 11.6 Å². The normalized spacial score (nSPS) is 11.3. The number of rotatable bonds is 3. The van der Waals surface area contributed by atoms with Crippen LogP contribution in [0.15, 0.2) is 24.3 Å². The average Bonchev–Trinajstić information content (AvgIpc) is 2.39. The molecular weight excluding hydrogens is 305 g/mol. The van der Waals surface area contributed by atoms with Gasteiger partial charge in [-0.05, 0) is 25.1 Å². The van der Waals surface area contributed by atoms with Crippen molar-refractivity contribution in [1.29, 1.82) is 0 Å². The van der Waals surface area contributed by atoms with Crippen molar-refractivity contribution in [3.63, 3.8) is 0 Å². The van der Waals surface area contributed by atoms with E-state index < -0.39 is 11.7 Å². The Morgan fingerprint density at radius 2 is 1.86 bits per heavy atom. The van der Waals surface area contributed by atoms with Gasteiger partial charge in [-0.25, -0.2) is 4.98 Å². The number of nitrogens with one attached hydrogen (secondary N) is 2. The first-order chi connectivity index (χ1) is 9.79. The number of benzene rings is 1. The van der Waals surface area contributed by atoms with Gasteiger partial charge in [0.05, 0.1) is 16.3 Å². The van der Waals surface area contributed by atoms with Crippen LogP contribution in [0.5, 0.6) is 0 Å². The molecule has 0 saturated heterocycles. The van der Waals surface area contributed by atoms with Crippen molar-refractivity contribution in [2.45, 2.75) is 13.1 Å². The van der Waals surface area contributed by atoms with Crippen molar-refractivity contribution in [1.82, 2.24) is 9.97 Å². The van der Waals surface area contributed by atoms with Gasteiger partial charge in [-0.3, -0.25) is 0 Å². The fourth-order valence-electron chi connectivity index (χ4n) is 1.68. The van der Waals surface area contributed by atoms with Crippen molar-refractivity contribution < 1.29 is 13.2 Å². The summed E-state index contributed by atoms with van der Waals surface area (Å²) in [6, 6.07) is 4.76. The lowest BCUT2D eigenvalue weighted by atomic mass is 10.2. The topological polar surface area (TPSA) is 49.8 Å². The van der Waals surface area contributed by atoms with Gasteiger partial charge in [0.25, 0.3) is 0 Å². The molecule has 2 rings (SSSR count). The number of aromatic nitrogens is 2. The third-order valence-electron chi connectivity index (χ3n) is 2.64. The number of hydrogen-bond acceptors (Lipinski definition) is 4. The number of nitrogens with zero attached hydrogens (tertiary/aromatic N) is 2. The zero-order valence-electron chi connectivity index (χ0n) is 11.2. The molecular formula is C13H12ClF3N4. The third-order valence-corrected chi connectivity index (χ3v) is 2.95. The van der Waals surface area contributed by atoms with Gasteiger partial charge in [0.1, 0.15) is 5.82 Å². The second-order valence-corrected chi connectivity index (χ2v) is 4.69. The molecule has 21 heavy (non-hydrogen) atoms. The molecule has 0 atom stereocenters. The second-order valence-electron chi connectivity index (χ2n) is 4.29. The summed E-state index contributed by atoms with van der Waals surface area (Å²) in [4.78, 5) is 8.26. The summed E-state index contributed by atoms with van der Waals surface area (Å²) >= 11 is 5.88. The summed E-state index contributed by atoms with van der Waals surface area (Å²) in [6.45, 7) is 1.78. The molecule has 0 fully saturated rings. The Kier molecular flexibility index (Phi) is 4.22. The highest BCUT2D eigenvalue weighted by Crippen LogP contribution is 2.34. The van der Waals surface area contributed by atoms with E-state index in [0.29, 0.717) is 23.1 Å². The molecule has 2 aromatic rings. The average molecular weight is 317 g/mol. The zero-order chi connectivity index (χ0) is 15.6. The summed E-state index contributed by atoms with van der Waals surface area (Å²) in [5.74, 6) is 0.842. The van der Waals surface area contributed by atoms with Crippen LogP contribution in [-0.4, -0.2) is 17.0 Å². The molecule has 0 aliphatic heterocycles. The highest BCUT2D eigenvalue weighted by Gasteiger charge is 2.30. The van der Waals surface area contributed by atoms with E-state index in [2.05, 4.69) is 20.6 Å². The van der Waals surface area contributed by atoms with E-state index in [1.54, 1.807) is 20.0 Å². The standard InChI is InChI=1S/C13H12ClF3N4/c1-7-5-11(21-12(18-2)19-7)20-10-4-3-8(6-9(10)14)13(15,16)17/h3-6H,1-2H3,(H2,18,19,20,21). The van der Waals surface area contributed by atoms with E-state index >= 15 is 0 Å². The van der Waals surface area contributed by atoms with Gasteiger partial charge in [0, 0.05) is 18.8 Å². The molecule has 0 spiro atoms. The van der Waals surface area contributed by atoms with Crippen LogP contribution >= 0.6 is 11.6 Å². The first kappa shape index (κ1) is 15.4. The number of hydrogen-bond donors (Lipinski definition) is 2. The minimum Gasteiger partial charge on any atom is -0.357 e. The minimum atomic E-state index is -4.42. The van der Waals surface area contributed by atoms with Crippen LogP contribution in [0, 0.1) is 6.92 Å². The number of anilines is 3. The summed E-state index contributed by atoms with van der Waals surface area (Å²) in [6.07, 6.45) is -4.42. The molecule has 0 radical (unpaired) electrons. The summed E-state index contributed by atoms with van der Waals surface area (Å²) < 4.78 is 37.7. The predicted molar refractivity (Wildman–Crippen MR) is 76.1 cm³/mol. The molecule has 1 heterocycles. The number of aryl methyl sites for hydroxylation is 1. The quantitative estimate of drug-likeness (QED) is 0.889. The first-order valence-electron chi connectivity index (χ1n) is 5.97. The second kappa shape index (κ2) is 5.77. The molecule has 8 heteroatoms. The predicted octanol–water partition coefficient (Wildman–Crippen LogP) is 4.24. The van der Waals surface area contributed by atoms with Crippen molar-refractivity contribution in [2.24, 2.45) is 0 Å². The molecule has 0 amide bonds. The number of alkyl halides is 3. The van der Waals surface area contributed by atoms with E-state index in [1.807, 2.05) is 0 Å². The van der Waals surface area contributed by atoms with E-state index in [9.17, 15) is 13.2 Å². The molecule has 0 aliphatic rings. The van der Waals surface area contributed by atoms with Gasteiger partial charge < -0.3 is 10.6 Å². The maximum atomic E-state index is 12.6. The largest absolute Gasteiger partial charge is 0.416 e. The van der Waals surface area contributed by atoms with Gasteiger partial charge in [-0.15, -0.1) is 0 Å². The maximum Gasteiger partial charge on any atom is 0.416 e. The molecule has 2 N–H and O–H groups in total. The molecule has 112 valence electrons. The Hall–Kier alpha value is -2.02. The van der Waals surface area contributed by atoms with Crippen LogP contribution in [0.4, 0.5) is 30.6 Å². The fourth-order valence-corrected chi connectivity index (χ4v) is 1.90. The molecule has 0 bridgehead atoms. The Morgan fingerprint density at radius 3 is 2.43 bits per heavy atom. The molecule has 0 saturated carbocycles. The lowest BCUT2D eigenvalue weighted by Gasteiger charge is -2.12. The highest BCUT2D eigenvalue weighted by atomic mass is 35.5. The summed E-state index contributed by atoms with van der Waals surface area (Å²) in [5, 5.41) is 5.63. The van der Waals surface area contributed by atoms with E-state index in [1.165, 1.54) is 6.07 Å². The van der Waals surface area contributed by atoms with Gasteiger partial charge in [-0.2, -0.15) is 18.2 Å². The van der Waals surface area contributed by atoms with Crippen molar-refractivity contribution >= 4 is 29.1 Å². The zero-order valence-corrected chi connectivity index (χ0v) is 12.0. The van der Waals surface area contributed by atoms with Crippen LogP contribution in [0.1, 0.15) is 11.3 Å². The van der Waals surface area contributed by atoms with E-state index in [0.717, 1.165) is 12.1 Å². The Morgan fingerprint density at radius 1 is 1.14 bits per heavy atom. The number of halogens is 4.